The lowest BCUT2D eigenvalue weighted by Gasteiger charge is -2.16. The minimum absolute atomic E-state index is 0.149. The van der Waals surface area contributed by atoms with Crippen molar-refractivity contribution in [1.82, 2.24) is 11.0 Å². The summed E-state index contributed by atoms with van der Waals surface area (Å²) < 4.78 is 5.50. The molecule has 25 heavy (non-hydrogen) atoms. The van der Waals surface area contributed by atoms with Crippen molar-refractivity contribution >= 4 is 11.8 Å². The molecule has 0 saturated carbocycles. The Labute approximate surface area is 145 Å². The van der Waals surface area contributed by atoms with Gasteiger partial charge < -0.3 is 4.74 Å². The third-order valence-corrected chi connectivity index (χ3v) is 3.34. The van der Waals surface area contributed by atoms with Crippen molar-refractivity contribution in [2.45, 2.75) is 25.7 Å². The Morgan fingerprint density at radius 3 is 2.04 bits per heavy atom. The molecule has 3 N–H and O–H groups in total. The van der Waals surface area contributed by atoms with E-state index in [0.717, 1.165) is 11.1 Å². The van der Waals surface area contributed by atoms with Crippen LogP contribution in [-0.4, -0.2) is 23.1 Å². The van der Waals surface area contributed by atoms with Gasteiger partial charge in [0.05, 0.1) is 19.6 Å². The van der Waals surface area contributed by atoms with E-state index in [0.29, 0.717) is 0 Å². The van der Waals surface area contributed by atoms with Gasteiger partial charge in [-0.2, -0.15) is 0 Å². The van der Waals surface area contributed by atoms with Gasteiger partial charge >= 0.3 is 0 Å². The maximum atomic E-state index is 12.2. The molecule has 7 heteroatoms. The maximum absolute atomic E-state index is 12.2. The molecule has 0 fully saturated rings. The first-order valence-electron chi connectivity index (χ1n) is 7.73. The second kappa shape index (κ2) is 10.2. The van der Waals surface area contributed by atoms with Crippen LogP contribution in [0.25, 0.3) is 0 Å². The summed E-state index contributed by atoms with van der Waals surface area (Å²) in [5.74, 6) is -1.33. The number of amides is 2. The molecule has 2 aromatic rings. The van der Waals surface area contributed by atoms with Crippen molar-refractivity contribution in [3.8, 4) is 0 Å². The highest BCUT2D eigenvalue weighted by Gasteiger charge is 2.23. The fourth-order valence-corrected chi connectivity index (χ4v) is 2.04. The van der Waals surface area contributed by atoms with E-state index < -0.39 is 17.9 Å². The van der Waals surface area contributed by atoms with Crippen LogP contribution in [0.15, 0.2) is 60.7 Å². The Bertz CT molecular complexity index is 664. The van der Waals surface area contributed by atoms with Gasteiger partial charge in [-0.05, 0) is 11.1 Å². The van der Waals surface area contributed by atoms with Crippen LogP contribution >= 0.6 is 0 Å². The lowest BCUT2D eigenvalue weighted by atomic mass is 10.2. The van der Waals surface area contributed by atoms with Crippen LogP contribution in [0.1, 0.15) is 17.5 Å². The monoisotopic (exact) mass is 344 g/mol. The van der Waals surface area contributed by atoms with E-state index in [4.69, 9.17) is 14.8 Å². The normalized spacial score (nSPS) is 11.6. The average molecular weight is 344 g/mol. The molecular weight excluding hydrogens is 324 g/mol. The summed E-state index contributed by atoms with van der Waals surface area (Å²) in [5.41, 5.74) is 5.51. The highest BCUT2D eigenvalue weighted by Crippen LogP contribution is 2.07. The minimum atomic E-state index is -1.09. The number of hydrogen-bond donors (Lipinski definition) is 3. The number of ether oxygens (including phenoxy) is 1. The highest BCUT2D eigenvalue weighted by atomic mass is 16.7. The van der Waals surface area contributed by atoms with E-state index in [1.807, 2.05) is 60.7 Å². The zero-order chi connectivity index (χ0) is 17.9. The molecule has 0 aliphatic rings. The molecule has 0 spiro atoms. The van der Waals surface area contributed by atoms with Crippen molar-refractivity contribution in [2.24, 2.45) is 0 Å². The first-order valence-corrected chi connectivity index (χ1v) is 7.73. The molecule has 2 amide bonds. The lowest BCUT2D eigenvalue weighted by molar-refractivity contribution is -0.152. The Hall–Kier alpha value is -2.74. The van der Waals surface area contributed by atoms with Crippen LogP contribution in [-0.2, 0) is 32.4 Å². The van der Waals surface area contributed by atoms with E-state index in [1.54, 1.807) is 0 Å². The second-order valence-electron chi connectivity index (χ2n) is 5.26. The molecule has 0 radical (unpaired) electrons. The molecule has 0 aliphatic carbocycles. The molecule has 2 rings (SSSR count). The van der Waals surface area contributed by atoms with Crippen LogP contribution < -0.4 is 11.0 Å². The first-order chi connectivity index (χ1) is 12.2. The molecule has 0 heterocycles. The Morgan fingerprint density at radius 2 is 1.48 bits per heavy atom. The summed E-state index contributed by atoms with van der Waals surface area (Å²) >= 11 is 0. The van der Waals surface area contributed by atoms with Crippen LogP contribution in [0.4, 0.5) is 0 Å². The van der Waals surface area contributed by atoms with Crippen molar-refractivity contribution in [3.05, 3.63) is 71.8 Å². The first kappa shape index (κ1) is 18.6. The lowest BCUT2D eigenvalue weighted by Crippen LogP contribution is -2.39. The molecule has 1 unspecified atom stereocenters. The standard InChI is InChI=1S/C18H20N2O5/c21-17(19-23)11-16(24-12-14-7-3-1-4-8-14)18(22)20-25-13-15-9-5-2-6-10-15/h1-10,16,23H,11-13H2,(H,19,21)(H,20,22). The van der Waals surface area contributed by atoms with E-state index >= 15 is 0 Å². The summed E-state index contributed by atoms with van der Waals surface area (Å²) in [6.07, 6.45) is -1.42. The predicted octanol–water partition coefficient (Wildman–Crippen LogP) is 1.72. The van der Waals surface area contributed by atoms with Crippen LogP contribution in [0.5, 0.6) is 0 Å². The van der Waals surface area contributed by atoms with Gasteiger partial charge in [0.15, 0.2) is 0 Å². The van der Waals surface area contributed by atoms with Gasteiger partial charge in [0.1, 0.15) is 6.10 Å². The minimum Gasteiger partial charge on any atom is -0.363 e. The molecule has 0 aromatic heterocycles. The Morgan fingerprint density at radius 1 is 0.920 bits per heavy atom. The van der Waals surface area contributed by atoms with Crippen LogP contribution in [0, 0.1) is 0 Å². The number of nitrogens with one attached hydrogen (secondary N) is 2. The predicted molar refractivity (Wildman–Crippen MR) is 88.9 cm³/mol. The van der Waals surface area contributed by atoms with Gasteiger partial charge in [0.2, 0.25) is 5.91 Å². The largest absolute Gasteiger partial charge is 0.363 e. The average Bonchev–Trinajstić information content (AvgIpc) is 2.66. The summed E-state index contributed by atoms with van der Waals surface area (Å²) in [7, 11) is 0. The SMILES string of the molecule is O=C(CC(OCc1ccccc1)C(=O)NOCc1ccccc1)NO. The van der Waals surface area contributed by atoms with Gasteiger partial charge in [-0.3, -0.25) is 19.6 Å². The van der Waals surface area contributed by atoms with Crippen LogP contribution in [0.3, 0.4) is 0 Å². The number of rotatable bonds is 9. The fraction of sp³-hybridized carbons (Fsp3) is 0.222. The molecule has 7 nitrogen and oxygen atoms in total. The molecule has 2 aromatic carbocycles. The number of carbonyl (C=O) groups excluding carboxylic acids is 2. The second-order valence-corrected chi connectivity index (χ2v) is 5.26. The number of hydroxylamine groups is 2. The van der Waals surface area contributed by atoms with Gasteiger partial charge in [-0.25, -0.2) is 11.0 Å². The third kappa shape index (κ3) is 6.72. The van der Waals surface area contributed by atoms with Crippen molar-refractivity contribution in [1.29, 1.82) is 0 Å². The quantitative estimate of drug-likeness (QED) is 0.475. The van der Waals surface area contributed by atoms with E-state index in [2.05, 4.69) is 5.48 Å². The maximum Gasteiger partial charge on any atom is 0.273 e. The number of hydrogen-bond acceptors (Lipinski definition) is 5. The van der Waals surface area contributed by atoms with Crippen LogP contribution in [0.2, 0.25) is 0 Å². The summed E-state index contributed by atoms with van der Waals surface area (Å²) in [6.45, 7) is 0.334. The molecular formula is C18H20N2O5. The van der Waals surface area contributed by atoms with Crippen molar-refractivity contribution < 1.29 is 24.4 Å². The zero-order valence-electron chi connectivity index (χ0n) is 13.6. The smallest absolute Gasteiger partial charge is 0.273 e. The topological polar surface area (TPSA) is 96.9 Å². The number of benzene rings is 2. The fourth-order valence-electron chi connectivity index (χ4n) is 2.04. The molecule has 0 saturated heterocycles. The highest BCUT2D eigenvalue weighted by molar-refractivity contribution is 5.86. The zero-order valence-corrected chi connectivity index (χ0v) is 13.6. The molecule has 1 atom stereocenters. The van der Waals surface area contributed by atoms with E-state index in [9.17, 15) is 9.59 Å². The number of carbonyl (C=O) groups is 2. The van der Waals surface area contributed by atoms with E-state index in [-0.39, 0.29) is 19.6 Å². The van der Waals surface area contributed by atoms with Gasteiger partial charge in [-0.15, -0.1) is 0 Å². The van der Waals surface area contributed by atoms with Gasteiger partial charge in [0.25, 0.3) is 5.91 Å². The van der Waals surface area contributed by atoms with E-state index in [1.165, 1.54) is 5.48 Å². The molecule has 0 bridgehead atoms. The van der Waals surface area contributed by atoms with Crippen molar-refractivity contribution in [3.63, 3.8) is 0 Å². The summed E-state index contributed by atoms with van der Waals surface area (Å²) in [5, 5.41) is 8.66. The Kier molecular flexibility index (Phi) is 7.58. The summed E-state index contributed by atoms with van der Waals surface area (Å²) in [4.78, 5) is 28.7. The van der Waals surface area contributed by atoms with Gasteiger partial charge in [0, 0.05) is 0 Å². The van der Waals surface area contributed by atoms with Crippen molar-refractivity contribution in [2.75, 3.05) is 0 Å². The molecule has 132 valence electrons. The third-order valence-electron chi connectivity index (χ3n) is 3.34. The molecule has 0 aliphatic heterocycles. The summed E-state index contributed by atoms with van der Waals surface area (Å²) in [6, 6.07) is 18.5. The Balaban J connectivity index is 1.86. The van der Waals surface area contributed by atoms with Gasteiger partial charge in [-0.1, -0.05) is 60.7 Å².